The topological polar surface area (TPSA) is 134 Å². The largest absolute Gasteiger partial charge is 0.479 e. The van der Waals surface area contributed by atoms with Gasteiger partial charge in [-0.2, -0.15) is 9.97 Å². The molecule has 0 amide bonds. The Kier molecular flexibility index (Phi) is 7.76. The normalized spacial score (nSPS) is 9.48. The van der Waals surface area contributed by atoms with Crippen molar-refractivity contribution in [2.24, 2.45) is 0 Å². The van der Waals surface area contributed by atoms with Crippen LogP contribution in [-0.2, 0) is 4.74 Å². The highest BCUT2D eigenvalue weighted by atomic mass is 35.5. The van der Waals surface area contributed by atoms with Crippen molar-refractivity contribution in [1.82, 2.24) is 19.9 Å². The maximum absolute atomic E-state index is 11.1. The molecule has 25 heavy (non-hydrogen) atoms. The third kappa shape index (κ3) is 5.69. The summed E-state index contributed by atoms with van der Waals surface area (Å²) in [6.07, 6.45) is 2.39. The van der Waals surface area contributed by atoms with Crippen molar-refractivity contribution >= 4 is 35.1 Å². The van der Waals surface area contributed by atoms with E-state index in [0.29, 0.717) is 0 Å². The Morgan fingerprint density at radius 2 is 1.36 bits per heavy atom. The van der Waals surface area contributed by atoms with E-state index in [1.807, 2.05) is 0 Å². The molecule has 2 heterocycles. The predicted molar refractivity (Wildman–Crippen MR) is 85.5 cm³/mol. The number of aromatic nitrogens is 4. The lowest BCUT2D eigenvalue weighted by atomic mass is 10.4. The Labute approximate surface area is 151 Å². The lowest BCUT2D eigenvalue weighted by Crippen LogP contribution is -2.08. The first-order chi connectivity index (χ1) is 11.8. The quantitative estimate of drug-likeness (QED) is 0.769. The van der Waals surface area contributed by atoms with Gasteiger partial charge in [-0.1, -0.05) is 23.2 Å². The van der Waals surface area contributed by atoms with Gasteiger partial charge in [0.1, 0.15) is 0 Å². The number of carboxylic acids is 1. The molecule has 0 atom stereocenters. The van der Waals surface area contributed by atoms with Crippen LogP contribution in [0.2, 0.25) is 10.3 Å². The number of aromatic carboxylic acids is 1. The first kappa shape index (κ1) is 20.3. The van der Waals surface area contributed by atoms with Crippen LogP contribution in [0, 0.1) is 0 Å². The van der Waals surface area contributed by atoms with E-state index < -0.39 is 11.9 Å². The van der Waals surface area contributed by atoms with Crippen molar-refractivity contribution in [3.63, 3.8) is 0 Å². The zero-order valence-electron chi connectivity index (χ0n) is 13.2. The Morgan fingerprint density at radius 3 is 1.76 bits per heavy atom. The van der Waals surface area contributed by atoms with Crippen LogP contribution in [-0.4, -0.2) is 58.3 Å². The van der Waals surface area contributed by atoms with E-state index >= 15 is 0 Å². The van der Waals surface area contributed by atoms with Gasteiger partial charge in [-0.15, -0.1) is 0 Å². The van der Waals surface area contributed by atoms with Crippen LogP contribution < -0.4 is 9.47 Å². The monoisotopic (exact) mass is 390 g/mol. The molecular weight excluding hydrogens is 379 g/mol. The number of carbonyl (C=O) groups is 2. The van der Waals surface area contributed by atoms with E-state index in [2.05, 4.69) is 29.4 Å². The molecule has 12 heteroatoms. The lowest BCUT2D eigenvalue weighted by molar-refractivity contribution is 0.0588. The van der Waals surface area contributed by atoms with Crippen LogP contribution in [0.4, 0.5) is 0 Å². The van der Waals surface area contributed by atoms with Crippen LogP contribution in [0.25, 0.3) is 0 Å². The first-order valence-corrected chi connectivity index (χ1v) is 7.04. The van der Waals surface area contributed by atoms with Gasteiger partial charge in [0.25, 0.3) is 0 Å². The third-order valence-corrected chi connectivity index (χ3v) is 2.75. The van der Waals surface area contributed by atoms with E-state index in [1.165, 1.54) is 27.5 Å². The van der Waals surface area contributed by atoms with Crippen LogP contribution in [0.1, 0.15) is 21.0 Å². The van der Waals surface area contributed by atoms with Crippen molar-refractivity contribution in [3.05, 3.63) is 34.1 Å². The van der Waals surface area contributed by atoms with Gasteiger partial charge in [-0.05, 0) is 0 Å². The summed E-state index contributed by atoms with van der Waals surface area (Å²) in [6, 6.07) is 0. The minimum atomic E-state index is -1.20. The van der Waals surface area contributed by atoms with Crippen molar-refractivity contribution in [2.45, 2.75) is 0 Å². The number of nitrogens with zero attached hydrogens (tertiary/aromatic N) is 4. The summed E-state index contributed by atoms with van der Waals surface area (Å²) in [5, 5.41) is 8.81. The molecule has 2 aromatic heterocycles. The smallest absolute Gasteiger partial charge is 0.362 e. The summed E-state index contributed by atoms with van der Waals surface area (Å²) in [4.78, 5) is 36.1. The molecule has 134 valence electrons. The molecule has 2 rings (SSSR count). The number of hydrogen-bond donors (Lipinski definition) is 1. The molecule has 0 saturated heterocycles. The zero-order valence-corrected chi connectivity index (χ0v) is 14.7. The predicted octanol–water partition coefficient (Wildman–Crippen LogP) is 1.76. The highest BCUT2D eigenvalue weighted by Gasteiger charge is 2.16. The van der Waals surface area contributed by atoms with Gasteiger partial charge >= 0.3 is 11.9 Å². The average Bonchev–Trinajstić information content (AvgIpc) is 2.60. The number of ether oxygens (including phenoxy) is 3. The Hall–Kier alpha value is -2.72. The molecule has 1 N–H and O–H groups in total. The summed E-state index contributed by atoms with van der Waals surface area (Å²) in [7, 11) is 3.91. The van der Waals surface area contributed by atoms with E-state index in [9.17, 15) is 9.59 Å². The number of carbonyl (C=O) groups excluding carboxylic acids is 1. The number of carboxylic acid groups (broad SMARTS) is 1. The lowest BCUT2D eigenvalue weighted by Gasteiger charge is -2.03. The van der Waals surface area contributed by atoms with E-state index in [-0.39, 0.29) is 33.5 Å². The Balaban J connectivity index is 0.000000251. The standard InChI is InChI=1S/C7H7ClN2O3.C6H5ClN2O3/c1-12-6-5(7(11)13-2)9-3-4(8)10-6;1-12-5-4(6(10)11)8-2-3(7)9-5/h3H,1-2H3;2H,1H3,(H,10,11). The maximum Gasteiger partial charge on any atom is 0.362 e. The fourth-order valence-electron chi connectivity index (χ4n) is 1.37. The summed E-state index contributed by atoms with van der Waals surface area (Å²) in [5.41, 5.74) is -0.240. The molecule has 0 aromatic carbocycles. The van der Waals surface area contributed by atoms with Crippen molar-refractivity contribution < 1.29 is 28.9 Å². The van der Waals surface area contributed by atoms with Gasteiger partial charge in [0.2, 0.25) is 23.1 Å². The van der Waals surface area contributed by atoms with E-state index in [1.54, 1.807) is 0 Å². The second-order valence-corrected chi connectivity index (χ2v) is 4.67. The van der Waals surface area contributed by atoms with Crippen LogP contribution >= 0.6 is 23.2 Å². The van der Waals surface area contributed by atoms with Gasteiger partial charge < -0.3 is 19.3 Å². The number of rotatable bonds is 4. The second-order valence-electron chi connectivity index (χ2n) is 3.90. The van der Waals surface area contributed by atoms with Gasteiger partial charge in [0.05, 0.1) is 33.7 Å². The molecule has 2 aromatic rings. The minimum Gasteiger partial charge on any atom is -0.479 e. The molecule has 0 unspecified atom stereocenters. The van der Waals surface area contributed by atoms with Crippen LogP contribution in [0.15, 0.2) is 12.4 Å². The van der Waals surface area contributed by atoms with Crippen molar-refractivity contribution in [3.8, 4) is 11.8 Å². The second kappa shape index (κ2) is 9.55. The molecule has 0 aliphatic rings. The highest BCUT2D eigenvalue weighted by Crippen LogP contribution is 2.16. The van der Waals surface area contributed by atoms with Gasteiger partial charge in [0.15, 0.2) is 10.3 Å². The van der Waals surface area contributed by atoms with Gasteiger partial charge in [0, 0.05) is 0 Å². The van der Waals surface area contributed by atoms with Gasteiger partial charge in [-0.25, -0.2) is 19.6 Å². The number of halogens is 2. The van der Waals surface area contributed by atoms with Crippen LogP contribution in [0.5, 0.6) is 11.8 Å². The Bertz CT molecular complexity index is 774. The minimum absolute atomic E-state index is 0.00870. The first-order valence-electron chi connectivity index (χ1n) is 6.28. The SMILES string of the molecule is COC(=O)c1ncc(Cl)nc1OC.COc1nc(Cl)cnc1C(=O)O. The van der Waals surface area contributed by atoms with Gasteiger partial charge in [-0.3, -0.25) is 0 Å². The number of hydrogen-bond acceptors (Lipinski definition) is 9. The van der Waals surface area contributed by atoms with E-state index in [4.69, 9.17) is 33.0 Å². The molecule has 10 nitrogen and oxygen atoms in total. The average molecular weight is 391 g/mol. The summed E-state index contributed by atoms with van der Waals surface area (Å²) >= 11 is 11.0. The molecule has 0 saturated carbocycles. The Morgan fingerprint density at radius 1 is 0.920 bits per heavy atom. The molecule has 0 spiro atoms. The highest BCUT2D eigenvalue weighted by molar-refractivity contribution is 6.29. The number of esters is 1. The summed E-state index contributed by atoms with van der Waals surface area (Å²) < 4.78 is 13.9. The fraction of sp³-hybridized carbons (Fsp3) is 0.231. The fourth-order valence-corrected chi connectivity index (χ4v) is 1.62. The molecule has 0 aliphatic heterocycles. The van der Waals surface area contributed by atoms with E-state index in [0.717, 1.165) is 6.20 Å². The third-order valence-electron chi connectivity index (χ3n) is 2.39. The molecule has 0 aliphatic carbocycles. The zero-order chi connectivity index (χ0) is 19.0. The molecule has 0 radical (unpaired) electrons. The van der Waals surface area contributed by atoms with Crippen LogP contribution in [0.3, 0.4) is 0 Å². The summed E-state index contributed by atoms with van der Waals surface area (Å²) in [5.74, 6) is -1.84. The molecule has 0 fully saturated rings. The van der Waals surface area contributed by atoms with Crippen molar-refractivity contribution in [1.29, 1.82) is 0 Å². The number of methoxy groups -OCH3 is 3. The summed E-state index contributed by atoms with van der Waals surface area (Å²) in [6.45, 7) is 0. The molecule has 0 bridgehead atoms. The molecular formula is C13H12Cl2N4O6. The van der Waals surface area contributed by atoms with Crippen molar-refractivity contribution in [2.75, 3.05) is 21.3 Å². The maximum atomic E-state index is 11.1.